The molecule has 148 valence electrons. The average molecular weight is 365 g/mol. The summed E-state index contributed by atoms with van der Waals surface area (Å²) < 4.78 is 10.1. The number of aromatic nitrogens is 1. The van der Waals surface area contributed by atoms with Gasteiger partial charge in [0.05, 0.1) is 12.7 Å². The average Bonchev–Trinajstić information content (AvgIpc) is 2.80. The van der Waals surface area contributed by atoms with Crippen molar-refractivity contribution in [2.45, 2.75) is 52.6 Å². The van der Waals surface area contributed by atoms with E-state index in [-0.39, 0.29) is 6.10 Å². The van der Waals surface area contributed by atoms with Crippen LogP contribution < -0.4 is 16.3 Å². The predicted molar refractivity (Wildman–Crippen MR) is 110 cm³/mol. The van der Waals surface area contributed by atoms with Crippen LogP contribution in [0.1, 0.15) is 43.9 Å². The van der Waals surface area contributed by atoms with Crippen LogP contribution in [0.4, 0.5) is 0 Å². The van der Waals surface area contributed by atoms with Crippen molar-refractivity contribution in [1.82, 2.24) is 4.98 Å². The number of ether oxygens (including phenoxy) is 2. The Morgan fingerprint density at radius 2 is 2.00 bits per heavy atom. The Balaban J connectivity index is 0.000000421. The van der Waals surface area contributed by atoms with E-state index in [0.29, 0.717) is 6.61 Å². The standard InChI is InChI=1S/C11H13N.C8H19NO2.C2H4O/c1-8-9(2)12-11-7-5-3-4-6-10(8)11;1-10-7-8(11-2)5-3-4-6-9;1-2-3/h3,5-7,12H,4H2,1-2H3;8H,3-7,9H2,1-2H3;2H,1H3. The maximum Gasteiger partial charge on any atom is 0.116 e. The smallest absolute Gasteiger partial charge is 0.116 e. The lowest BCUT2D eigenvalue weighted by molar-refractivity contribution is -0.106. The van der Waals surface area contributed by atoms with Gasteiger partial charge in [-0.3, -0.25) is 0 Å². The van der Waals surface area contributed by atoms with E-state index in [1.54, 1.807) is 14.2 Å². The molecule has 5 nitrogen and oxygen atoms in total. The number of carbonyl (C=O) groups excluding carboxylic acids is 1. The van der Waals surface area contributed by atoms with Crippen LogP contribution in [0.3, 0.4) is 0 Å². The van der Waals surface area contributed by atoms with Gasteiger partial charge in [-0.1, -0.05) is 18.2 Å². The number of aryl methyl sites for hydroxylation is 1. The highest BCUT2D eigenvalue weighted by Crippen LogP contribution is 2.03. The van der Waals surface area contributed by atoms with Crippen molar-refractivity contribution < 1.29 is 14.3 Å². The molecule has 1 aliphatic carbocycles. The summed E-state index contributed by atoms with van der Waals surface area (Å²) in [6.45, 7) is 7.18. The van der Waals surface area contributed by atoms with Gasteiger partial charge in [0.15, 0.2) is 0 Å². The van der Waals surface area contributed by atoms with Crippen LogP contribution in [-0.2, 0) is 14.3 Å². The van der Waals surface area contributed by atoms with E-state index in [2.05, 4.69) is 43.1 Å². The molecule has 1 unspecified atom stereocenters. The van der Waals surface area contributed by atoms with Crippen LogP contribution in [0.15, 0.2) is 12.2 Å². The number of rotatable bonds is 7. The zero-order valence-corrected chi connectivity index (χ0v) is 17.0. The molecule has 1 aromatic heterocycles. The lowest BCUT2D eigenvalue weighted by Crippen LogP contribution is -2.22. The number of methoxy groups -OCH3 is 2. The van der Waals surface area contributed by atoms with E-state index >= 15 is 0 Å². The molecule has 0 bridgehead atoms. The molecule has 0 aliphatic heterocycles. The fourth-order valence-electron chi connectivity index (χ4n) is 2.56. The van der Waals surface area contributed by atoms with Crippen molar-refractivity contribution in [3.8, 4) is 0 Å². The highest BCUT2D eigenvalue weighted by atomic mass is 16.5. The molecule has 0 saturated heterocycles. The molecule has 26 heavy (non-hydrogen) atoms. The lowest BCUT2D eigenvalue weighted by Gasteiger charge is -2.13. The number of aldehydes is 1. The second-order valence-corrected chi connectivity index (χ2v) is 6.07. The molecule has 0 fully saturated rings. The molecule has 2 rings (SSSR count). The third-order valence-electron chi connectivity index (χ3n) is 4.10. The minimum absolute atomic E-state index is 0.242. The van der Waals surface area contributed by atoms with Gasteiger partial charge in [-0.05, 0) is 69.9 Å². The van der Waals surface area contributed by atoms with Crippen molar-refractivity contribution in [2.24, 2.45) is 5.73 Å². The number of carbonyl (C=O) groups is 1. The molecule has 0 saturated carbocycles. The molecular weight excluding hydrogens is 328 g/mol. The van der Waals surface area contributed by atoms with Crippen LogP contribution >= 0.6 is 0 Å². The summed E-state index contributed by atoms with van der Waals surface area (Å²) in [4.78, 5) is 12.2. The first kappa shape index (κ1) is 24.3. The van der Waals surface area contributed by atoms with Gasteiger partial charge >= 0.3 is 0 Å². The molecule has 3 N–H and O–H groups in total. The monoisotopic (exact) mass is 364 g/mol. The Bertz CT molecular complexity index is 632. The SMILES string of the molecule is CC=O.COCC(CCCCN)OC.Cc1[nH]c2c(c1C)=CCC=CC=2. The number of hydrogen-bond donors (Lipinski definition) is 2. The second-order valence-electron chi connectivity index (χ2n) is 6.07. The Kier molecular flexibility index (Phi) is 14.5. The van der Waals surface area contributed by atoms with E-state index < -0.39 is 0 Å². The third kappa shape index (κ3) is 9.70. The normalized spacial score (nSPS) is 12.8. The van der Waals surface area contributed by atoms with Gasteiger partial charge in [-0.15, -0.1) is 0 Å². The molecule has 1 atom stereocenters. The Hall–Kier alpha value is -1.69. The number of allylic oxidation sites excluding steroid dienone is 2. The highest BCUT2D eigenvalue weighted by molar-refractivity contribution is 5.45. The molecule has 1 aromatic rings. The summed E-state index contributed by atoms with van der Waals surface area (Å²) in [5, 5.41) is 2.62. The van der Waals surface area contributed by atoms with Crippen molar-refractivity contribution >= 4 is 18.4 Å². The van der Waals surface area contributed by atoms with Gasteiger partial charge in [0.2, 0.25) is 0 Å². The van der Waals surface area contributed by atoms with Crippen LogP contribution in [0.2, 0.25) is 0 Å². The fraction of sp³-hybridized carbons (Fsp3) is 0.571. The maximum atomic E-state index is 8.81. The molecular formula is C21H36N2O3. The first-order chi connectivity index (χ1) is 12.5. The number of aromatic amines is 1. The zero-order valence-electron chi connectivity index (χ0n) is 17.0. The van der Waals surface area contributed by atoms with E-state index in [9.17, 15) is 0 Å². The van der Waals surface area contributed by atoms with Gasteiger partial charge < -0.3 is 25.0 Å². The summed E-state index contributed by atoms with van der Waals surface area (Å²) in [7, 11) is 3.40. The summed E-state index contributed by atoms with van der Waals surface area (Å²) in [6, 6.07) is 0. The first-order valence-corrected chi connectivity index (χ1v) is 9.19. The van der Waals surface area contributed by atoms with Gasteiger partial charge in [0.25, 0.3) is 0 Å². The van der Waals surface area contributed by atoms with Crippen molar-refractivity contribution in [3.05, 3.63) is 34.0 Å². The number of fused-ring (bicyclic) bond motifs is 1. The van der Waals surface area contributed by atoms with Crippen LogP contribution in [0.25, 0.3) is 12.2 Å². The zero-order chi connectivity index (χ0) is 19.8. The van der Waals surface area contributed by atoms with E-state index in [1.807, 2.05) is 0 Å². The number of unbranched alkanes of at least 4 members (excludes halogenated alkanes) is 1. The van der Waals surface area contributed by atoms with Gasteiger partial charge in [0.1, 0.15) is 6.29 Å². The topological polar surface area (TPSA) is 77.3 Å². The summed E-state index contributed by atoms with van der Waals surface area (Å²) in [5.41, 5.74) is 8.02. The number of nitrogens with two attached hydrogens (primary N) is 1. The van der Waals surface area contributed by atoms with E-state index in [0.717, 1.165) is 38.5 Å². The van der Waals surface area contributed by atoms with Gasteiger partial charge in [-0.25, -0.2) is 0 Å². The molecule has 0 radical (unpaired) electrons. The van der Waals surface area contributed by atoms with E-state index in [4.69, 9.17) is 20.0 Å². The third-order valence-corrected chi connectivity index (χ3v) is 4.10. The fourth-order valence-corrected chi connectivity index (χ4v) is 2.56. The Labute approximate surface area is 158 Å². The number of H-pyrrole nitrogens is 1. The molecule has 0 spiro atoms. The van der Waals surface area contributed by atoms with Gasteiger partial charge in [0, 0.05) is 25.3 Å². The van der Waals surface area contributed by atoms with Crippen molar-refractivity contribution in [2.75, 3.05) is 27.4 Å². The van der Waals surface area contributed by atoms with Crippen LogP contribution in [0.5, 0.6) is 0 Å². The lowest BCUT2D eigenvalue weighted by atomic mass is 10.1. The maximum absolute atomic E-state index is 8.81. The summed E-state index contributed by atoms with van der Waals surface area (Å²) >= 11 is 0. The van der Waals surface area contributed by atoms with Crippen LogP contribution in [0, 0.1) is 13.8 Å². The van der Waals surface area contributed by atoms with Gasteiger partial charge in [-0.2, -0.15) is 0 Å². The quantitative estimate of drug-likeness (QED) is 0.574. The minimum Gasteiger partial charge on any atom is -0.382 e. The second kappa shape index (κ2) is 15.6. The summed E-state index contributed by atoms with van der Waals surface area (Å²) in [6.07, 6.45) is 14.0. The Morgan fingerprint density at radius 3 is 2.58 bits per heavy atom. The molecule has 0 amide bonds. The largest absolute Gasteiger partial charge is 0.382 e. The number of hydrogen-bond acceptors (Lipinski definition) is 4. The number of nitrogens with one attached hydrogen (secondary N) is 1. The van der Waals surface area contributed by atoms with Crippen LogP contribution in [-0.4, -0.2) is 44.7 Å². The molecule has 1 aliphatic rings. The molecule has 1 heterocycles. The molecule has 0 aromatic carbocycles. The summed E-state index contributed by atoms with van der Waals surface area (Å²) in [5.74, 6) is 0. The molecule has 5 heteroatoms. The highest BCUT2D eigenvalue weighted by Gasteiger charge is 2.04. The minimum atomic E-state index is 0.242. The Morgan fingerprint density at radius 1 is 1.31 bits per heavy atom. The van der Waals surface area contributed by atoms with Crippen molar-refractivity contribution in [3.63, 3.8) is 0 Å². The van der Waals surface area contributed by atoms with Crippen molar-refractivity contribution in [1.29, 1.82) is 0 Å². The first-order valence-electron chi connectivity index (χ1n) is 9.19. The predicted octanol–water partition coefficient (Wildman–Crippen LogP) is 2.13. The van der Waals surface area contributed by atoms with E-state index in [1.165, 1.54) is 28.7 Å².